The first-order valence-corrected chi connectivity index (χ1v) is 7.84. The quantitative estimate of drug-likeness (QED) is 0.301. The molecule has 0 bridgehead atoms. The molecule has 14 heteroatoms. The maximum Gasteiger partial charge on any atom is 0.438 e. The molecule has 2 aromatic rings. The molecule has 1 saturated heterocycles. The summed E-state index contributed by atoms with van der Waals surface area (Å²) in [4.78, 5) is 34.8. The second kappa shape index (κ2) is 5.42. The fourth-order valence-electron chi connectivity index (χ4n) is 2.36. The normalized spacial score (nSPS) is 28.6. The van der Waals surface area contributed by atoms with Gasteiger partial charge in [0, 0.05) is 0 Å². The molecule has 3 heterocycles. The molecule has 126 valence electrons. The molecule has 0 radical (unpaired) electrons. The lowest BCUT2D eigenvalue weighted by atomic mass is 10.1. The summed E-state index contributed by atoms with van der Waals surface area (Å²) in [7, 11) is -5.18. The Balaban J connectivity index is 2.25. The molecule has 1 aliphatic heterocycles. The maximum absolute atomic E-state index is 12.2. The number of ether oxygens (including phenoxy) is 1. The fourth-order valence-corrected chi connectivity index (χ4v) is 3.11. The molecule has 0 saturated carbocycles. The Morgan fingerprint density at radius 3 is 2.52 bits per heavy atom. The highest BCUT2D eigenvalue weighted by molar-refractivity contribution is 7.50. The number of nitrogens with zero attached hydrogens (tertiary/aromatic N) is 4. The molecule has 6 N–H and O–H groups in total. The van der Waals surface area contributed by atoms with Gasteiger partial charge in [0.25, 0.3) is 5.56 Å². The highest BCUT2D eigenvalue weighted by Crippen LogP contribution is 2.41. The summed E-state index contributed by atoms with van der Waals surface area (Å²) in [6, 6.07) is 0. The van der Waals surface area contributed by atoms with Crippen molar-refractivity contribution in [1.82, 2.24) is 24.7 Å². The van der Waals surface area contributed by atoms with Crippen LogP contribution in [0, 0.1) is 0 Å². The van der Waals surface area contributed by atoms with Gasteiger partial charge in [0.2, 0.25) is 5.65 Å². The maximum atomic E-state index is 12.2. The molecule has 0 spiro atoms. The van der Waals surface area contributed by atoms with Crippen LogP contribution in [0.1, 0.15) is 11.9 Å². The zero-order valence-corrected chi connectivity index (χ0v) is 12.1. The Labute approximate surface area is 126 Å². The standard InChI is InChI=1S/C9H12N5O8P/c15-1-2-4(16)5(17)6(22-2)8-10-7-3(11-13-12-7)9(18)14(8)23(19,20)21/h2,4-6,15-17H,1H2,(H,11,12,13)(H2,19,20,21)/t2-,4-,5-,6?/m1/s1. The lowest BCUT2D eigenvalue weighted by molar-refractivity contribution is -0.0258. The van der Waals surface area contributed by atoms with E-state index in [1.165, 1.54) is 0 Å². The lowest BCUT2D eigenvalue weighted by Gasteiger charge is -2.19. The second-order valence-corrected chi connectivity index (χ2v) is 6.28. The second-order valence-electron chi connectivity index (χ2n) is 4.85. The van der Waals surface area contributed by atoms with Crippen molar-refractivity contribution in [2.75, 3.05) is 6.61 Å². The summed E-state index contributed by atoms with van der Waals surface area (Å²) in [5.41, 5.74) is -1.85. The number of aliphatic hydroxyl groups excluding tert-OH is 3. The minimum atomic E-state index is -5.18. The van der Waals surface area contributed by atoms with Crippen LogP contribution in [0.2, 0.25) is 0 Å². The average molecular weight is 349 g/mol. The van der Waals surface area contributed by atoms with E-state index in [-0.39, 0.29) is 9.98 Å². The van der Waals surface area contributed by atoms with Crippen molar-refractivity contribution in [2.24, 2.45) is 0 Å². The molecule has 1 fully saturated rings. The highest BCUT2D eigenvalue weighted by Gasteiger charge is 2.46. The van der Waals surface area contributed by atoms with Gasteiger partial charge in [0.15, 0.2) is 11.3 Å². The fraction of sp³-hybridized carbons (Fsp3) is 0.556. The van der Waals surface area contributed by atoms with Crippen LogP contribution in [0.15, 0.2) is 4.79 Å². The summed E-state index contributed by atoms with van der Waals surface area (Å²) in [5.74, 6) is -0.632. The summed E-state index contributed by atoms with van der Waals surface area (Å²) in [5, 5.41) is 37.9. The molecule has 2 aromatic heterocycles. The highest BCUT2D eigenvalue weighted by atomic mass is 31.2. The van der Waals surface area contributed by atoms with E-state index in [0.717, 1.165) is 0 Å². The zero-order chi connectivity index (χ0) is 16.9. The number of H-pyrrole nitrogens is 1. The van der Waals surface area contributed by atoms with Gasteiger partial charge in [-0.2, -0.15) is 9.55 Å². The van der Waals surface area contributed by atoms with E-state index in [2.05, 4.69) is 20.4 Å². The first-order valence-electron chi connectivity index (χ1n) is 6.28. The summed E-state index contributed by atoms with van der Waals surface area (Å²) >= 11 is 0. The monoisotopic (exact) mass is 349 g/mol. The van der Waals surface area contributed by atoms with Crippen molar-refractivity contribution in [3.63, 3.8) is 0 Å². The summed E-state index contributed by atoms with van der Waals surface area (Å²) < 4.78 is 16.8. The molecule has 4 atom stereocenters. The molecule has 1 aliphatic rings. The first kappa shape index (κ1) is 16.1. The number of nitrogens with one attached hydrogen (secondary N) is 1. The van der Waals surface area contributed by atoms with Crippen molar-refractivity contribution in [1.29, 1.82) is 0 Å². The van der Waals surface area contributed by atoms with E-state index in [9.17, 15) is 29.4 Å². The Kier molecular flexibility index (Phi) is 3.80. The number of fused-ring (bicyclic) bond motifs is 1. The molecule has 0 aliphatic carbocycles. The molecule has 0 aromatic carbocycles. The van der Waals surface area contributed by atoms with Gasteiger partial charge in [-0.3, -0.25) is 4.79 Å². The van der Waals surface area contributed by atoms with Gasteiger partial charge in [-0.25, -0.2) is 9.55 Å². The smallest absolute Gasteiger partial charge is 0.394 e. The average Bonchev–Trinajstić information content (AvgIpc) is 3.04. The van der Waals surface area contributed by atoms with Crippen LogP contribution >= 0.6 is 7.75 Å². The number of aliphatic hydroxyl groups is 3. The third-order valence-electron chi connectivity index (χ3n) is 3.42. The minimum Gasteiger partial charge on any atom is -0.394 e. The molecule has 23 heavy (non-hydrogen) atoms. The molecule has 1 unspecified atom stereocenters. The third kappa shape index (κ3) is 2.48. The molecular weight excluding hydrogens is 337 g/mol. The van der Waals surface area contributed by atoms with Crippen LogP contribution in [0.5, 0.6) is 0 Å². The Morgan fingerprint density at radius 2 is 1.96 bits per heavy atom. The SMILES string of the molecule is O=c1c2n[nH]nc2nc(C2O[C@H](CO)[C@@H](O)[C@H]2O)n1P(=O)(O)O. The van der Waals surface area contributed by atoms with Crippen molar-refractivity contribution >= 4 is 18.9 Å². The third-order valence-corrected chi connectivity index (χ3v) is 4.33. The van der Waals surface area contributed by atoms with Gasteiger partial charge in [0.1, 0.15) is 24.4 Å². The Hall–Kier alpha value is -1.73. The van der Waals surface area contributed by atoms with E-state index in [4.69, 9.17) is 9.84 Å². The topological polar surface area (TPSA) is 204 Å². The molecule has 3 rings (SSSR count). The van der Waals surface area contributed by atoms with E-state index >= 15 is 0 Å². The Morgan fingerprint density at radius 1 is 1.26 bits per heavy atom. The van der Waals surface area contributed by atoms with Crippen molar-refractivity contribution in [3.8, 4) is 0 Å². The van der Waals surface area contributed by atoms with Crippen LogP contribution in [0.3, 0.4) is 0 Å². The van der Waals surface area contributed by atoms with Crippen LogP contribution in [0.25, 0.3) is 11.2 Å². The lowest BCUT2D eigenvalue weighted by Crippen LogP contribution is -2.33. The molecular formula is C9H12N5O8P. The van der Waals surface area contributed by atoms with Crippen molar-refractivity contribution < 1.29 is 34.4 Å². The van der Waals surface area contributed by atoms with Crippen molar-refractivity contribution in [3.05, 3.63) is 16.2 Å². The predicted molar refractivity (Wildman–Crippen MR) is 70.1 cm³/mol. The number of hydrogen-bond acceptors (Lipinski definition) is 9. The van der Waals surface area contributed by atoms with Gasteiger partial charge in [-0.15, -0.1) is 10.2 Å². The number of hydrogen-bond donors (Lipinski definition) is 6. The van der Waals surface area contributed by atoms with E-state index in [0.29, 0.717) is 0 Å². The van der Waals surface area contributed by atoms with Crippen molar-refractivity contribution in [2.45, 2.75) is 24.4 Å². The van der Waals surface area contributed by atoms with Crippen LogP contribution in [-0.2, 0) is 9.30 Å². The Bertz CT molecular complexity index is 844. The van der Waals surface area contributed by atoms with Crippen LogP contribution < -0.4 is 5.56 Å². The zero-order valence-electron chi connectivity index (χ0n) is 11.2. The summed E-state index contributed by atoms with van der Waals surface area (Å²) in [6.45, 7) is -0.652. The first-order chi connectivity index (χ1) is 10.8. The van der Waals surface area contributed by atoms with Gasteiger partial charge < -0.3 is 29.8 Å². The van der Waals surface area contributed by atoms with Gasteiger partial charge >= 0.3 is 7.75 Å². The van der Waals surface area contributed by atoms with E-state index < -0.39 is 55.7 Å². The van der Waals surface area contributed by atoms with E-state index in [1.54, 1.807) is 0 Å². The van der Waals surface area contributed by atoms with Crippen LogP contribution in [-0.4, -0.2) is 74.8 Å². The number of rotatable bonds is 3. The van der Waals surface area contributed by atoms with E-state index in [1.807, 2.05) is 0 Å². The van der Waals surface area contributed by atoms with Crippen LogP contribution in [0.4, 0.5) is 0 Å². The van der Waals surface area contributed by atoms with Gasteiger partial charge in [-0.05, 0) is 0 Å². The minimum absolute atomic E-state index is 0.0260. The number of aromatic nitrogens is 5. The van der Waals surface area contributed by atoms with Gasteiger partial charge in [-0.1, -0.05) is 0 Å². The largest absolute Gasteiger partial charge is 0.438 e. The molecule has 13 nitrogen and oxygen atoms in total. The predicted octanol–water partition coefficient (Wildman–Crippen LogP) is -3.39. The summed E-state index contributed by atoms with van der Waals surface area (Å²) in [6.07, 6.45) is -5.95. The van der Waals surface area contributed by atoms with Gasteiger partial charge in [0.05, 0.1) is 6.61 Å². The molecule has 0 amide bonds. The number of aromatic amines is 1.